The van der Waals surface area contributed by atoms with Crippen molar-refractivity contribution in [3.05, 3.63) is 59.8 Å². The van der Waals surface area contributed by atoms with Crippen LogP contribution in [-0.4, -0.2) is 13.0 Å². The van der Waals surface area contributed by atoms with E-state index in [0.29, 0.717) is 11.4 Å². The van der Waals surface area contributed by atoms with Crippen LogP contribution in [0.3, 0.4) is 0 Å². The zero-order valence-corrected chi connectivity index (χ0v) is 12.9. The number of hydrogen-bond acceptors (Lipinski definition) is 5. The highest BCUT2D eigenvalue weighted by Crippen LogP contribution is 2.19. The van der Waals surface area contributed by atoms with E-state index in [1.165, 1.54) is 18.4 Å². The Morgan fingerprint density at radius 2 is 1.81 bits per heavy atom. The number of benzene rings is 1. The third kappa shape index (κ3) is 6.64. The van der Waals surface area contributed by atoms with Gasteiger partial charge < -0.3 is 16.8 Å². The molecule has 21 heavy (non-hydrogen) atoms. The zero-order chi connectivity index (χ0) is 16.5. The largest absolute Gasteiger partial charge is 0.405 e. The second kappa shape index (κ2) is 8.83. The predicted molar refractivity (Wildman–Crippen MR) is 87.9 cm³/mol. The van der Waals surface area contributed by atoms with Crippen LogP contribution >= 0.6 is 0 Å². The zero-order valence-electron chi connectivity index (χ0n) is 12.1. The lowest BCUT2D eigenvalue weighted by Gasteiger charge is -2.11. The van der Waals surface area contributed by atoms with Crippen LogP contribution in [0.2, 0.25) is 0 Å². The highest BCUT2D eigenvalue weighted by Gasteiger charge is 2.15. The van der Waals surface area contributed by atoms with Gasteiger partial charge in [0, 0.05) is 11.4 Å². The van der Waals surface area contributed by atoms with Gasteiger partial charge in [0.2, 0.25) is 0 Å². The summed E-state index contributed by atoms with van der Waals surface area (Å²) >= 11 is 0. The Hall–Kier alpha value is -2.25. The lowest BCUT2D eigenvalue weighted by atomic mass is 10.2. The van der Waals surface area contributed by atoms with Gasteiger partial charge in [-0.25, -0.2) is 0 Å². The van der Waals surface area contributed by atoms with E-state index >= 15 is 0 Å². The van der Waals surface area contributed by atoms with Crippen LogP contribution < -0.4 is 16.8 Å². The molecule has 0 aliphatic heterocycles. The third-order valence-corrected chi connectivity index (χ3v) is 3.02. The van der Waals surface area contributed by atoms with Gasteiger partial charge in [-0.05, 0) is 42.6 Å². The maximum atomic E-state index is 11.1. The molecule has 0 aliphatic rings. The van der Waals surface area contributed by atoms with Crippen molar-refractivity contribution in [3.63, 3.8) is 0 Å². The fourth-order valence-electron chi connectivity index (χ4n) is 1.22. The molecular weight excluding hydrogens is 290 g/mol. The minimum absolute atomic E-state index is 0.106. The molecule has 0 radical (unpaired) electrons. The quantitative estimate of drug-likeness (QED) is 0.377. The van der Waals surface area contributed by atoms with E-state index < -0.39 is 15.0 Å². The molecule has 1 aromatic carbocycles. The van der Waals surface area contributed by atoms with Crippen LogP contribution in [0.5, 0.6) is 0 Å². The van der Waals surface area contributed by atoms with Crippen LogP contribution in [0.15, 0.2) is 59.8 Å². The monoisotopic (exact) mass is 311 g/mol. The Morgan fingerprint density at radius 1 is 1.29 bits per heavy atom. The van der Waals surface area contributed by atoms with Crippen molar-refractivity contribution in [3.8, 4) is 0 Å². The van der Waals surface area contributed by atoms with Gasteiger partial charge in [0.25, 0.3) is 10.1 Å². The summed E-state index contributed by atoms with van der Waals surface area (Å²) in [6.07, 6.45) is 4.02. The van der Waals surface area contributed by atoms with E-state index in [2.05, 4.69) is 11.9 Å². The van der Waals surface area contributed by atoms with Crippen LogP contribution in [0.1, 0.15) is 13.8 Å². The van der Waals surface area contributed by atoms with E-state index in [1.54, 1.807) is 24.3 Å². The summed E-state index contributed by atoms with van der Waals surface area (Å²) in [5.74, 6) is 0. The number of nitrogen functional groups attached to an aromatic ring is 1. The summed E-state index contributed by atoms with van der Waals surface area (Å²) in [6, 6.07) is 6.61. The normalized spacial score (nSPS) is 11.7. The first-order valence-electron chi connectivity index (χ1n) is 6.22. The summed E-state index contributed by atoms with van der Waals surface area (Å²) in [5, 5.41) is 2.81. The Morgan fingerprint density at radius 3 is 2.24 bits per heavy atom. The van der Waals surface area contributed by atoms with Crippen molar-refractivity contribution in [2.75, 3.05) is 11.1 Å². The Kier molecular flexibility index (Phi) is 7.88. The Labute approximate surface area is 125 Å². The van der Waals surface area contributed by atoms with E-state index in [9.17, 15) is 8.42 Å². The summed E-state index contributed by atoms with van der Waals surface area (Å²) in [4.78, 5) is -0.456. The second-order valence-electron chi connectivity index (χ2n) is 3.61. The average Bonchev–Trinajstić information content (AvgIpc) is 2.46. The molecule has 0 amide bonds. The molecule has 6 nitrogen and oxygen atoms in total. The SMILES string of the molecule is C=C(/C(=C\C=C\N)Nc1ccc(N)cc1)S(=O)(=O)O.CC. The molecule has 116 valence electrons. The second-order valence-corrected chi connectivity index (χ2v) is 5.05. The van der Waals surface area contributed by atoms with Crippen LogP contribution in [0.4, 0.5) is 11.4 Å². The molecule has 0 spiro atoms. The highest BCUT2D eigenvalue weighted by molar-refractivity contribution is 7.90. The Bertz CT molecular complexity index is 617. The fraction of sp³-hybridized carbons (Fsp3) is 0.143. The fourth-order valence-corrected chi connectivity index (χ4v) is 1.61. The molecule has 0 fully saturated rings. The van der Waals surface area contributed by atoms with Crippen molar-refractivity contribution < 1.29 is 13.0 Å². The molecule has 1 aromatic rings. The molecule has 0 bridgehead atoms. The maximum absolute atomic E-state index is 11.1. The predicted octanol–water partition coefficient (Wildman–Crippen LogP) is 2.46. The minimum Gasteiger partial charge on any atom is -0.405 e. The third-order valence-electron chi connectivity index (χ3n) is 2.18. The van der Waals surface area contributed by atoms with E-state index in [0.717, 1.165) is 0 Å². The van der Waals surface area contributed by atoms with Crippen molar-refractivity contribution in [1.29, 1.82) is 0 Å². The number of allylic oxidation sites excluding steroid dienone is 2. The van der Waals surface area contributed by atoms with Gasteiger partial charge in [-0.2, -0.15) is 8.42 Å². The van der Waals surface area contributed by atoms with Crippen LogP contribution in [-0.2, 0) is 10.1 Å². The minimum atomic E-state index is -4.39. The van der Waals surface area contributed by atoms with E-state index in [1.807, 2.05) is 13.8 Å². The standard InChI is InChI=1S/C12H15N3O3S.C2H6/c1-9(19(16,17)18)12(3-2-8-13)15-11-6-4-10(14)5-7-11;1-2/h2-8,15H,1,13-14H2,(H,16,17,18);1-2H3/b8-2+,12-3+;. The van der Waals surface area contributed by atoms with Crippen molar-refractivity contribution in [1.82, 2.24) is 0 Å². The van der Waals surface area contributed by atoms with Gasteiger partial charge in [-0.15, -0.1) is 0 Å². The van der Waals surface area contributed by atoms with Gasteiger partial charge in [-0.1, -0.05) is 20.4 Å². The number of nitrogens with one attached hydrogen (secondary N) is 1. The lowest BCUT2D eigenvalue weighted by molar-refractivity contribution is 0.492. The highest BCUT2D eigenvalue weighted by atomic mass is 32.2. The van der Waals surface area contributed by atoms with Crippen molar-refractivity contribution >= 4 is 21.5 Å². The van der Waals surface area contributed by atoms with Crippen molar-refractivity contribution in [2.45, 2.75) is 13.8 Å². The number of anilines is 2. The molecule has 7 heteroatoms. The van der Waals surface area contributed by atoms with Gasteiger partial charge in [0.05, 0.1) is 5.70 Å². The smallest absolute Gasteiger partial charge is 0.295 e. The van der Waals surface area contributed by atoms with Crippen LogP contribution in [0.25, 0.3) is 0 Å². The Balaban J connectivity index is 0.00000191. The molecular formula is C14H21N3O3S. The first-order chi connectivity index (χ1) is 9.84. The summed E-state index contributed by atoms with van der Waals surface area (Å²) in [7, 11) is -4.39. The number of hydrogen-bond donors (Lipinski definition) is 4. The number of rotatable bonds is 5. The summed E-state index contributed by atoms with van der Waals surface area (Å²) in [5.41, 5.74) is 12.0. The van der Waals surface area contributed by atoms with Crippen LogP contribution in [0, 0.1) is 0 Å². The maximum Gasteiger partial charge on any atom is 0.295 e. The summed E-state index contributed by atoms with van der Waals surface area (Å²) < 4.78 is 31.2. The lowest BCUT2D eigenvalue weighted by Crippen LogP contribution is -2.10. The molecule has 0 aliphatic carbocycles. The topological polar surface area (TPSA) is 118 Å². The summed E-state index contributed by atoms with van der Waals surface area (Å²) in [6.45, 7) is 7.32. The van der Waals surface area contributed by atoms with E-state index in [-0.39, 0.29) is 5.70 Å². The molecule has 6 N–H and O–H groups in total. The molecule has 0 unspecified atom stereocenters. The van der Waals surface area contributed by atoms with E-state index in [4.69, 9.17) is 16.0 Å². The van der Waals surface area contributed by atoms with Gasteiger partial charge in [-0.3, -0.25) is 4.55 Å². The van der Waals surface area contributed by atoms with Gasteiger partial charge in [0.1, 0.15) is 4.91 Å². The van der Waals surface area contributed by atoms with Gasteiger partial charge in [0.15, 0.2) is 0 Å². The first-order valence-corrected chi connectivity index (χ1v) is 7.66. The van der Waals surface area contributed by atoms with Gasteiger partial charge >= 0.3 is 0 Å². The molecule has 0 atom stereocenters. The van der Waals surface area contributed by atoms with Crippen molar-refractivity contribution in [2.24, 2.45) is 5.73 Å². The first kappa shape index (κ1) is 18.8. The molecule has 0 aromatic heterocycles. The average molecular weight is 311 g/mol. The molecule has 0 heterocycles. The molecule has 0 saturated heterocycles. The number of nitrogens with two attached hydrogens (primary N) is 2. The molecule has 1 rings (SSSR count). The molecule has 0 saturated carbocycles.